The Bertz CT molecular complexity index is 652. The van der Waals surface area contributed by atoms with E-state index in [0.29, 0.717) is 13.0 Å². The second-order valence-corrected chi connectivity index (χ2v) is 6.14. The lowest BCUT2D eigenvalue weighted by atomic mass is 10.1. The van der Waals surface area contributed by atoms with Crippen LogP contribution in [0.1, 0.15) is 17.0 Å². The smallest absolute Gasteiger partial charge is 0.243 e. The maximum absolute atomic E-state index is 12.3. The Morgan fingerprint density at radius 1 is 1.35 bits per heavy atom. The Morgan fingerprint density at radius 2 is 2.04 bits per heavy atom. The standard InChI is InChI=1S/C16H22N4O2S/c1-11-6-5-7-12(2)15(11)18-14(21)10-20(3)16-17-13(19-23-16)8-9-22-4/h5-7H,8-10H2,1-4H3,(H,18,21). The second-order valence-electron chi connectivity index (χ2n) is 5.41. The van der Waals surface area contributed by atoms with Crippen molar-refractivity contribution < 1.29 is 9.53 Å². The fraction of sp³-hybridized carbons (Fsp3) is 0.438. The van der Waals surface area contributed by atoms with Gasteiger partial charge in [0.1, 0.15) is 5.82 Å². The van der Waals surface area contributed by atoms with Gasteiger partial charge in [-0.15, -0.1) is 0 Å². The molecule has 6 nitrogen and oxygen atoms in total. The van der Waals surface area contributed by atoms with Gasteiger partial charge >= 0.3 is 0 Å². The molecule has 7 heteroatoms. The maximum Gasteiger partial charge on any atom is 0.243 e. The summed E-state index contributed by atoms with van der Waals surface area (Å²) in [6.07, 6.45) is 0.676. The van der Waals surface area contributed by atoms with Crippen LogP contribution in [0.15, 0.2) is 18.2 Å². The number of rotatable bonds is 7. The summed E-state index contributed by atoms with van der Waals surface area (Å²) in [7, 11) is 3.49. The quantitative estimate of drug-likeness (QED) is 0.842. The van der Waals surface area contributed by atoms with Gasteiger partial charge in [-0.05, 0) is 25.0 Å². The molecule has 0 spiro atoms. The Morgan fingerprint density at radius 3 is 2.70 bits per heavy atom. The molecule has 1 N–H and O–H groups in total. The van der Waals surface area contributed by atoms with Gasteiger partial charge in [0.05, 0.1) is 13.2 Å². The van der Waals surface area contributed by atoms with Gasteiger partial charge in [0, 0.05) is 37.8 Å². The first-order valence-electron chi connectivity index (χ1n) is 7.40. The highest BCUT2D eigenvalue weighted by Crippen LogP contribution is 2.20. The summed E-state index contributed by atoms with van der Waals surface area (Å²) >= 11 is 1.29. The number of para-hydroxylation sites is 1. The molecule has 2 rings (SSSR count). The maximum atomic E-state index is 12.3. The minimum Gasteiger partial charge on any atom is -0.384 e. The molecular formula is C16H22N4O2S. The van der Waals surface area contributed by atoms with Gasteiger partial charge in [-0.1, -0.05) is 18.2 Å². The zero-order valence-electron chi connectivity index (χ0n) is 13.9. The predicted octanol–water partition coefficient (Wildman–Crippen LogP) is 2.42. The fourth-order valence-electron chi connectivity index (χ4n) is 2.17. The van der Waals surface area contributed by atoms with Crippen molar-refractivity contribution in [3.63, 3.8) is 0 Å². The minimum atomic E-state index is -0.0708. The van der Waals surface area contributed by atoms with E-state index in [0.717, 1.165) is 27.8 Å². The number of amides is 1. The average Bonchev–Trinajstić information content (AvgIpc) is 2.98. The van der Waals surface area contributed by atoms with Crippen molar-refractivity contribution in [2.45, 2.75) is 20.3 Å². The summed E-state index contributed by atoms with van der Waals surface area (Å²) in [5.41, 5.74) is 2.99. The number of aryl methyl sites for hydroxylation is 2. The number of nitrogens with zero attached hydrogens (tertiary/aromatic N) is 3. The summed E-state index contributed by atoms with van der Waals surface area (Å²) in [5, 5.41) is 3.71. The van der Waals surface area contributed by atoms with Crippen molar-refractivity contribution in [1.29, 1.82) is 0 Å². The topological polar surface area (TPSA) is 67.3 Å². The van der Waals surface area contributed by atoms with E-state index in [-0.39, 0.29) is 12.5 Å². The van der Waals surface area contributed by atoms with Crippen LogP contribution < -0.4 is 10.2 Å². The molecule has 0 aliphatic carbocycles. The average molecular weight is 334 g/mol. The van der Waals surface area contributed by atoms with Crippen LogP contribution in [0.25, 0.3) is 0 Å². The lowest BCUT2D eigenvalue weighted by Crippen LogP contribution is -2.30. The molecule has 2 aromatic rings. The van der Waals surface area contributed by atoms with Gasteiger partial charge < -0.3 is 15.0 Å². The fourth-order valence-corrected chi connectivity index (χ4v) is 2.84. The van der Waals surface area contributed by atoms with E-state index in [4.69, 9.17) is 4.74 Å². The summed E-state index contributed by atoms with van der Waals surface area (Å²) in [5.74, 6) is 0.674. The van der Waals surface area contributed by atoms with E-state index in [1.807, 2.05) is 39.1 Å². The van der Waals surface area contributed by atoms with E-state index in [1.54, 1.807) is 12.0 Å². The Hall–Kier alpha value is -1.99. The SMILES string of the molecule is COCCc1nsc(N(C)CC(=O)Nc2c(C)cccc2C)n1. The molecule has 0 radical (unpaired) electrons. The summed E-state index contributed by atoms with van der Waals surface area (Å²) in [6.45, 7) is 4.79. The molecule has 0 aliphatic rings. The van der Waals surface area contributed by atoms with Crippen LogP contribution in [0.4, 0.5) is 10.8 Å². The number of likely N-dealkylation sites (N-methyl/N-ethyl adjacent to an activating group) is 1. The van der Waals surface area contributed by atoms with Gasteiger partial charge in [0.25, 0.3) is 0 Å². The molecule has 1 amide bonds. The van der Waals surface area contributed by atoms with Crippen molar-refractivity contribution in [2.24, 2.45) is 0 Å². The number of benzene rings is 1. The number of ether oxygens (including phenoxy) is 1. The van der Waals surface area contributed by atoms with Crippen LogP contribution >= 0.6 is 11.5 Å². The molecule has 23 heavy (non-hydrogen) atoms. The Kier molecular flexibility index (Phi) is 6.06. The van der Waals surface area contributed by atoms with Crippen molar-refractivity contribution in [2.75, 3.05) is 37.5 Å². The molecule has 0 bridgehead atoms. The molecular weight excluding hydrogens is 312 g/mol. The molecule has 1 heterocycles. The minimum absolute atomic E-state index is 0.0708. The van der Waals surface area contributed by atoms with Crippen LogP contribution in [0.2, 0.25) is 0 Å². The summed E-state index contributed by atoms with van der Waals surface area (Å²) in [6, 6.07) is 5.95. The molecule has 1 aromatic carbocycles. The van der Waals surface area contributed by atoms with E-state index in [1.165, 1.54) is 11.5 Å². The first kappa shape index (κ1) is 17.4. The molecule has 1 aromatic heterocycles. The van der Waals surface area contributed by atoms with Gasteiger partial charge in [-0.2, -0.15) is 4.37 Å². The van der Waals surface area contributed by atoms with Crippen molar-refractivity contribution >= 4 is 28.3 Å². The first-order chi connectivity index (χ1) is 11.0. The van der Waals surface area contributed by atoms with Gasteiger partial charge in [-0.3, -0.25) is 4.79 Å². The van der Waals surface area contributed by atoms with Crippen molar-refractivity contribution in [3.8, 4) is 0 Å². The molecule has 0 unspecified atom stereocenters. The van der Waals surface area contributed by atoms with Crippen LogP contribution in [0.5, 0.6) is 0 Å². The van der Waals surface area contributed by atoms with E-state index >= 15 is 0 Å². The van der Waals surface area contributed by atoms with Gasteiger partial charge in [0.15, 0.2) is 0 Å². The van der Waals surface area contributed by atoms with E-state index < -0.39 is 0 Å². The lowest BCUT2D eigenvalue weighted by molar-refractivity contribution is -0.114. The normalized spacial score (nSPS) is 10.6. The monoisotopic (exact) mass is 334 g/mol. The lowest BCUT2D eigenvalue weighted by Gasteiger charge is -2.16. The molecule has 0 atom stereocenters. The number of carbonyl (C=O) groups is 1. The molecule has 0 saturated carbocycles. The van der Waals surface area contributed by atoms with Crippen LogP contribution in [0.3, 0.4) is 0 Å². The Labute approximate surface area is 140 Å². The summed E-state index contributed by atoms with van der Waals surface area (Å²) < 4.78 is 9.29. The first-order valence-corrected chi connectivity index (χ1v) is 8.17. The number of aromatic nitrogens is 2. The molecule has 124 valence electrons. The molecule has 0 aliphatic heterocycles. The zero-order valence-corrected chi connectivity index (χ0v) is 14.7. The number of anilines is 2. The third-order valence-corrected chi connectivity index (χ3v) is 4.31. The third-order valence-electron chi connectivity index (χ3n) is 3.44. The highest BCUT2D eigenvalue weighted by Gasteiger charge is 2.14. The molecule has 0 saturated heterocycles. The molecule has 0 fully saturated rings. The highest BCUT2D eigenvalue weighted by atomic mass is 32.1. The van der Waals surface area contributed by atoms with Gasteiger partial charge in [-0.25, -0.2) is 4.98 Å². The van der Waals surface area contributed by atoms with Crippen LogP contribution in [0, 0.1) is 13.8 Å². The zero-order chi connectivity index (χ0) is 16.8. The second kappa shape index (κ2) is 8.03. The highest BCUT2D eigenvalue weighted by molar-refractivity contribution is 7.09. The van der Waals surface area contributed by atoms with Gasteiger partial charge in [0.2, 0.25) is 11.0 Å². The van der Waals surface area contributed by atoms with Crippen molar-refractivity contribution in [3.05, 3.63) is 35.2 Å². The largest absolute Gasteiger partial charge is 0.384 e. The number of hydrogen-bond donors (Lipinski definition) is 1. The van der Waals surface area contributed by atoms with Crippen LogP contribution in [-0.4, -0.2) is 42.6 Å². The van der Waals surface area contributed by atoms with Crippen LogP contribution in [-0.2, 0) is 16.0 Å². The predicted molar refractivity (Wildman–Crippen MR) is 93.3 cm³/mol. The number of hydrogen-bond acceptors (Lipinski definition) is 6. The Balaban J connectivity index is 1.95. The summed E-state index contributed by atoms with van der Waals surface area (Å²) in [4.78, 5) is 18.5. The van der Waals surface area contributed by atoms with E-state index in [9.17, 15) is 4.79 Å². The number of nitrogens with one attached hydrogen (secondary N) is 1. The number of methoxy groups -OCH3 is 1. The van der Waals surface area contributed by atoms with E-state index in [2.05, 4.69) is 14.7 Å². The van der Waals surface area contributed by atoms with Crippen molar-refractivity contribution in [1.82, 2.24) is 9.36 Å². The third kappa shape index (κ3) is 4.74. The number of carbonyl (C=O) groups excluding carboxylic acids is 1.